The van der Waals surface area contributed by atoms with Gasteiger partial charge in [-0.2, -0.15) is 8.75 Å². The maximum atomic E-state index is 11.7. The van der Waals surface area contributed by atoms with Crippen LogP contribution in [0.5, 0.6) is 0 Å². The highest BCUT2D eigenvalue weighted by atomic mass is 32.1. The van der Waals surface area contributed by atoms with Crippen LogP contribution in [0.3, 0.4) is 0 Å². The first kappa shape index (κ1) is 13.2. The van der Waals surface area contributed by atoms with Crippen molar-refractivity contribution in [1.29, 1.82) is 0 Å². The van der Waals surface area contributed by atoms with E-state index in [1.54, 1.807) is 0 Å². The molecule has 0 fully saturated rings. The molecule has 1 atom stereocenters. The zero-order valence-electron chi connectivity index (χ0n) is 9.81. The first-order valence-electron chi connectivity index (χ1n) is 5.52. The normalized spacial score (nSPS) is 11.8. The molecule has 0 radical (unpaired) electrons. The summed E-state index contributed by atoms with van der Waals surface area (Å²) in [7, 11) is 0. The molecule has 1 aromatic heterocycles. The molecule has 0 aliphatic heterocycles. The number of benzene rings is 1. The number of carboxylic acid groups (broad SMARTS) is 1. The Morgan fingerprint density at radius 2 is 2.05 bits per heavy atom. The fourth-order valence-electron chi connectivity index (χ4n) is 1.55. The standard InChI is InChI=1S/C12H11N3O3S/c16-11(10-7-13-19-15-10)14-9(12(17)18)6-8-4-2-1-3-5-8/h1-5,7,9H,6H2,(H,14,16)(H,17,18)/t9-/m1/s1. The summed E-state index contributed by atoms with van der Waals surface area (Å²) in [5.41, 5.74) is 0.968. The van der Waals surface area contributed by atoms with E-state index >= 15 is 0 Å². The van der Waals surface area contributed by atoms with Crippen molar-refractivity contribution < 1.29 is 14.7 Å². The molecule has 0 aliphatic rings. The van der Waals surface area contributed by atoms with Gasteiger partial charge in [-0.15, -0.1) is 0 Å². The number of carbonyl (C=O) groups is 2. The van der Waals surface area contributed by atoms with Gasteiger partial charge in [0.15, 0.2) is 5.69 Å². The maximum Gasteiger partial charge on any atom is 0.326 e. The lowest BCUT2D eigenvalue weighted by Gasteiger charge is -2.13. The monoisotopic (exact) mass is 277 g/mol. The lowest BCUT2D eigenvalue weighted by Crippen LogP contribution is -2.42. The molecule has 1 heterocycles. The van der Waals surface area contributed by atoms with Crippen LogP contribution in [0.15, 0.2) is 36.5 Å². The number of carboxylic acids is 1. The Morgan fingerprint density at radius 1 is 1.32 bits per heavy atom. The molecule has 0 bridgehead atoms. The van der Waals surface area contributed by atoms with Crippen LogP contribution in [-0.4, -0.2) is 31.8 Å². The molecule has 0 aliphatic carbocycles. The Balaban J connectivity index is 2.05. The number of hydrogen-bond acceptors (Lipinski definition) is 5. The minimum atomic E-state index is -1.08. The molecular formula is C12H11N3O3S. The maximum absolute atomic E-state index is 11.7. The molecule has 7 heteroatoms. The quantitative estimate of drug-likeness (QED) is 0.849. The molecular weight excluding hydrogens is 266 g/mol. The van der Waals surface area contributed by atoms with Crippen LogP contribution < -0.4 is 5.32 Å². The number of hydrogen-bond donors (Lipinski definition) is 2. The van der Waals surface area contributed by atoms with Gasteiger partial charge in [0.25, 0.3) is 5.91 Å². The zero-order chi connectivity index (χ0) is 13.7. The Bertz CT molecular complexity index is 557. The van der Waals surface area contributed by atoms with Gasteiger partial charge in [0.2, 0.25) is 0 Å². The fourth-order valence-corrected chi connectivity index (χ4v) is 1.96. The topological polar surface area (TPSA) is 92.2 Å². The van der Waals surface area contributed by atoms with Crippen molar-refractivity contribution >= 4 is 23.6 Å². The van der Waals surface area contributed by atoms with E-state index in [0.29, 0.717) is 0 Å². The van der Waals surface area contributed by atoms with Crippen LogP contribution in [0.1, 0.15) is 16.1 Å². The van der Waals surface area contributed by atoms with E-state index < -0.39 is 17.9 Å². The van der Waals surface area contributed by atoms with Crippen molar-refractivity contribution in [3.63, 3.8) is 0 Å². The molecule has 0 unspecified atom stereocenters. The third-order valence-electron chi connectivity index (χ3n) is 2.48. The lowest BCUT2D eigenvalue weighted by atomic mass is 10.1. The zero-order valence-corrected chi connectivity index (χ0v) is 10.6. The predicted octanol–water partition coefficient (Wildman–Crippen LogP) is 0.964. The van der Waals surface area contributed by atoms with Gasteiger partial charge in [0.1, 0.15) is 6.04 Å². The summed E-state index contributed by atoms with van der Waals surface area (Å²) >= 11 is 0.899. The summed E-state index contributed by atoms with van der Waals surface area (Å²) in [6.07, 6.45) is 1.53. The predicted molar refractivity (Wildman–Crippen MR) is 68.9 cm³/mol. The molecule has 2 rings (SSSR count). The average Bonchev–Trinajstić information content (AvgIpc) is 2.93. The lowest BCUT2D eigenvalue weighted by molar-refractivity contribution is -0.139. The van der Waals surface area contributed by atoms with Crippen molar-refractivity contribution in [3.8, 4) is 0 Å². The van der Waals surface area contributed by atoms with Gasteiger partial charge in [-0.25, -0.2) is 4.79 Å². The highest BCUT2D eigenvalue weighted by Crippen LogP contribution is 2.05. The molecule has 1 aromatic carbocycles. The molecule has 19 heavy (non-hydrogen) atoms. The van der Waals surface area contributed by atoms with Gasteiger partial charge in [0, 0.05) is 6.42 Å². The number of aromatic nitrogens is 2. The molecule has 98 valence electrons. The molecule has 0 saturated carbocycles. The Morgan fingerprint density at radius 3 is 2.63 bits per heavy atom. The number of nitrogens with one attached hydrogen (secondary N) is 1. The van der Waals surface area contributed by atoms with E-state index in [4.69, 9.17) is 5.11 Å². The first-order valence-corrected chi connectivity index (χ1v) is 6.25. The second-order valence-electron chi connectivity index (χ2n) is 3.85. The van der Waals surface area contributed by atoms with Crippen molar-refractivity contribution in [2.75, 3.05) is 0 Å². The van der Waals surface area contributed by atoms with E-state index in [0.717, 1.165) is 17.3 Å². The summed E-state index contributed by atoms with van der Waals surface area (Å²) in [5.74, 6) is -1.61. The summed E-state index contributed by atoms with van der Waals surface area (Å²) in [6, 6.07) is 8.12. The molecule has 1 amide bonds. The van der Waals surface area contributed by atoms with Crippen LogP contribution in [0.25, 0.3) is 0 Å². The Kier molecular flexibility index (Phi) is 4.19. The largest absolute Gasteiger partial charge is 0.480 e. The van der Waals surface area contributed by atoms with E-state index in [1.807, 2.05) is 30.3 Å². The number of aliphatic carboxylic acids is 1. The molecule has 6 nitrogen and oxygen atoms in total. The summed E-state index contributed by atoms with van der Waals surface area (Å²) in [6.45, 7) is 0. The molecule has 2 N–H and O–H groups in total. The summed E-state index contributed by atoms with van der Waals surface area (Å²) in [4.78, 5) is 22.9. The number of carbonyl (C=O) groups excluding carboxylic acids is 1. The van der Waals surface area contributed by atoms with Gasteiger partial charge in [-0.3, -0.25) is 4.79 Å². The van der Waals surface area contributed by atoms with Crippen LogP contribution in [0.2, 0.25) is 0 Å². The average molecular weight is 277 g/mol. The number of nitrogens with zero attached hydrogens (tertiary/aromatic N) is 2. The van der Waals surface area contributed by atoms with Gasteiger partial charge < -0.3 is 10.4 Å². The van der Waals surface area contributed by atoms with E-state index in [9.17, 15) is 9.59 Å². The number of rotatable bonds is 5. The SMILES string of the molecule is O=C(N[C@H](Cc1ccccc1)C(=O)O)c1cnsn1. The van der Waals surface area contributed by atoms with E-state index in [-0.39, 0.29) is 12.1 Å². The van der Waals surface area contributed by atoms with Gasteiger partial charge >= 0.3 is 5.97 Å². The first-order chi connectivity index (χ1) is 9.16. The highest BCUT2D eigenvalue weighted by Gasteiger charge is 2.22. The fraction of sp³-hybridized carbons (Fsp3) is 0.167. The Labute approximate surface area is 113 Å². The second-order valence-corrected chi connectivity index (χ2v) is 4.40. The highest BCUT2D eigenvalue weighted by molar-refractivity contribution is 6.99. The van der Waals surface area contributed by atoms with Crippen molar-refractivity contribution in [2.24, 2.45) is 0 Å². The van der Waals surface area contributed by atoms with Crippen LogP contribution in [0, 0.1) is 0 Å². The molecule has 0 saturated heterocycles. The van der Waals surface area contributed by atoms with Gasteiger partial charge in [-0.1, -0.05) is 30.3 Å². The smallest absolute Gasteiger partial charge is 0.326 e. The summed E-state index contributed by atoms with van der Waals surface area (Å²) in [5, 5.41) is 11.6. The Hall–Kier alpha value is -2.28. The van der Waals surface area contributed by atoms with E-state index in [2.05, 4.69) is 14.1 Å². The minimum absolute atomic E-state index is 0.129. The summed E-state index contributed by atoms with van der Waals surface area (Å²) < 4.78 is 7.46. The van der Waals surface area contributed by atoms with E-state index in [1.165, 1.54) is 6.20 Å². The van der Waals surface area contributed by atoms with Gasteiger partial charge in [0.05, 0.1) is 17.9 Å². The van der Waals surface area contributed by atoms with Crippen molar-refractivity contribution in [2.45, 2.75) is 12.5 Å². The van der Waals surface area contributed by atoms with Crippen LogP contribution in [-0.2, 0) is 11.2 Å². The number of amides is 1. The third-order valence-corrected chi connectivity index (χ3v) is 2.96. The van der Waals surface area contributed by atoms with Crippen molar-refractivity contribution in [1.82, 2.24) is 14.1 Å². The minimum Gasteiger partial charge on any atom is -0.480 e. The van der Waals surface area contributed by atoms with Crippen LogP contribution >= 0.6 is 11.7 Å². The van der Waals surface area contributed by atoms with Crippen molar-refractivity contribution in [3.05, 3.63) is 47.8 Å². The molecule has 2 aromatic rings. The third kappa shape index (κ3) is 3.59. The second kappa shape index (κ2) is 6.05. The van der Waals surface area contributed by atoms with Crippen LogP contribution in [0.4, 0.5) is 0 Å². The molecule has 0 spiro atoms. The van der Waals surface area contributed by atoms with Gasteiger partial charge in [-0.05, 0) is 5.56 Å².